The van der Waals surface area contributed by atoms with Crippen molar-refractivity contribution in [3.05, 3.63) is 39.6 Å². The number of rotatable bonds is 12. The fraction of sp³-hybridized carbons (Fsp3) is 0.375. The molecular formula is C24H26ClN10O6S2+. The number of carboxylic acid groups (broad SMARTS) is 1. The Balaban J connectivity index is 1.35. The number of amides is 2. The highest BCUT2D eigenvalue weighted by Gasteiger charge is 2.53. The molecule has 16 nitrogen and oxygen atoms in total. The van der Waals surface area contributed by atoms with Gasteiger partial charge in [-0.05, 0) is 26.1 Å². The molecular weight excluding hydrogens is 624 g/mol. The highest BCUT2D eigenvalue weighted by atomic mass is 35.5. The van der Waals surface area contributed by atoms with Crippen molar-refractivity contribution in [1.82, 2.24) is 35.5 Å². The van der Waals surface area contributed by atoms with Gasteiger partial charge in [0.05, 0.1) is 23.7 Å². The smallest absolute Gasteiger partial charge is 0.378 e. The van der Waals surface area contributed by atoms with Gasteiger partial charge in [-0.25, -0.2) is 19.0 Å². The lowest BCUT2D eigenvalue weighted by atomic mass is 10.0. The summed E-state index contributed by atoms with van der Waals surface area (Å²) in [5.74, 6) is -2.29. The van der Waals surface area contributed by atoms with E-state index in [1.54, 1.807) is 4.68 Å². The average molecular weight is 650 g/mol. The molecule has 0 bridgehead atoms. The van der Waals surface area contributed by atoms with Gasteiger partial charge in [0.25, 0.3) is 11.8 Å². The number of aromatic nitrogens is 5. The van der Waals surface area contributed by atoms with Gasteiger partial charge in [0, 0.05) is 17.9 Å². The molecule has 5 rings (SSSR count). The fourth-order valence-corrected chi connectivity index (χ4v) is 6.75. The van der Waals surface area contributed by atoms with Crippen molar-refractivity contribution in [1.29, 1.82) is 0 Å². The van der Waals surface area contributed by atoms with E-state index in [0.29, 0.717) is 42.9 Å². The number of anilines is 1. The Morgan fingerprint density at radius 1 is 1.44 bits per heavy atom. The second-order valence-electron chi connectivity index (χ2n) is 9.43. The van der Waals surface area contributed by atoms with Crippen molar-refractivity contribution in [2.24, 2.45) is 5.16 Å². The number of carbonyl (C=O) groups is 4. The van der Waals surface area contributed by atoms with Crippen LogP contribution in [0, 0.1) is 0 Å². The first kappa shape index (κ1) is 30.3. The van der Waals surface area contributed by atoms with Crippen LogP contribution in [-0.2, 0) is 37.1 Å². The summed E-state index contributed by atoms with van der Waals surface area (Å²) in [6, 6.07) is 2.77. The standard InChI is InChI=1S/C24H25ClN10O6S2/c1-11(23(39)40)41-31-16(15-18(25)43-24(26)29-15)20(37)28-17-21(38)35-14(9-36)12(10-42-22(17)35)8-33-6-3-4-13-19(33)30-32-34(13)7-5-27-2/h3-4,6,9,11,17,22,27H,5,7-8,10H2,1-2H3,(H3-,26,28,29,37,39,40)/p+1/b31-16-/t11-,17?,22?/m0/s1. The molecule has 0 radical (unpaired) electrons. The molecule has 3 aromatic heterocycles. The van der Waals surface area contributed by atoms with Crippen molar-refractivity contribution < 1.29 is 33.7 Å². The third kappa shape index (κ3) is 5.90. The van der Waals surface area contributed by atoms with E-state index in [2.05, 4.69) is 31.1 Å². The number of nitrogens with two attached hydrogens (primary N) is 1. The van der Waals surface area contributed by atoms with Crippen molar-refractivity contribution in [3.63, 3.8) is 0 Å². The van der Waals surface area contributed by atoms with E-state index >= 15 is 0 Å². The van der Waals surface area contributed by atoms with E-state index in [0.717, 1.165) is 16.9 Å². The number of fused-ring (bicyclic) bond motifs is 2. The number of oxime groups is 1. The van der Waals surface area contributed by atoms with Gasteiger partial charge >= 0.3 is 11.6 Å². The number of hydrogen-bond donors (Lipinski definition) is 4. The summed E-state index contributed by atoms with van der Waals surface area (Å²) in [7, 11) is 1.85. The Labute approximate surface area is 256 Å². The van der Waals surface area contributed by atoms with E-state index in [-0.39, 0.29) is 20.9 Å². The van der Waals surface area contributed by atoms with Crippen molar-refractivity contribution in [3.8, 4) is 0 Å². The number of likely N-dealkylation sites (N-methyl/N-ethyl adjacent to an activating group) is 1. The van der Waals surface area contributed by atoms with E-state index in [9.17, 15) is 19.2 Å². The Hall–Kier alpha value is -4.13. The molecule has 0 spiro atoms. The van der Waals surface area contributed by atoms with Crippen LogP contribution in [-0.4, -0.2) is 96.6 Å². The molecule has 3 atom stereocenters. The fourth-order valence-electron chi connectivity index (χ4n) is 4.46. The van der Waals surface area contributed by atoms with Crippen LogP contribution in [0.4, 0.5) is 5.13 Å². The maximum absolute atomic E-state index is 13.3. The predicted molar refractivity (Wildman–Crippen MR) is 156 cm³/mol. The maximum Gasteiger partial charge on any atom is 0.378 e. The van der Waals surface area contributed by atoms with Crippen LogP contribution in [0.5, 0.6) is 0 Å². The maximum atomic E-state index is 13.3. The lowest BCUT2D eigenvalue weighted by Crippen LogP contribution is -2.70. The van der Waals surface area contributed by atoms with Crippen LogP contribution in [0.3, 0.4) is 0 Å². The van der Waals surface area contributed by atoms with E-state index < -0.39 is 41.0 Å². The molecule has 2 aliphatic rings. The zero-order valence-electron chi connectivity index (χ0n) is 22.8. The first-order valence-electron chi connectivity index (χ1n) is 12.8. The van der Waals surface area contributed by atoms with Gasteiger partial charge in [0.2, 0.25) is 6.10 Å². The normalized spacial score (nSPS) is 19.2. The molecule has 0 aliphatic carbocycles. The summed E-state index contributed by atoms with van der Waals surface area (Å²) in [5, 5.41) is 26.5. The lowest BCUT2D eigenvalue weighted by molar-refractivity contribution is -0.665. The van der Waals surface area contributed by atoms with E-state index in [1.807, 2.05) is 29.9 Å². The summed E-state index contributed by atoms with van der Waals surface area (Å²) in [6.45, 7) is 2.87. The summed E-state index contributed by atoms with van der Waals surface area (Å²) in [4.78, 5) is 60.2. The number of aldehydes is 1. The average Bonchev–Trinajstić information content (AvgIpc) is 3.56. The minimum atomic E-state index is -1.38. The minimum Gasteiger partial charge on any atom is -0.478 e. The molecule has 2 unspecified atom stereocenters. The molecule has 1 saturated heterocycles. The van der Waals surface area contributed by atoms with Gasteiger partial charge in [0.15, 0.2) is 22.6 Å². The third-order valence-electron chi connectivity index (χ3n) is 6.66. The Morgan fingerprint density at radius 3 is 2.91 bits per heavy atom. The van der Waals surface area contributed by atoms with Crippen LogP contribution >= 0.6 is 34.7 Å². The molecule has 3 aromatic rings. The van der Waals surface area contributed by atoms with Crippen LogP contribution in [0.2, 0.25) is 4.34 Å². The molecule has 5 N–H and O–H groups in total. The molecule has 2 amide bonds. The van der Waals surface area contributed by atoms with Crippen LogP contribution in [0.25, 0.3) is 11.2 Å². The van der Waals surface area contributed by atoms with Crippen molar-refractivity contribution in [2.75, 3.05) is 25.1 Å². The Bertz CT molecular complexity index is 1670. The van der Waals surface area contributed by atoms with Crippen LogP contribution < -0.4 is 20.9 Å². The molecule has 2 aliphatic heterocycles. The second kappa shape index (κ2) is 12.6. The molecule has 0 aromatic carbocycles. The lowest BCUT2D eigenvalue weighted by Gasteiger charge is -2.49. The SMILES string of the molecule is CNCCn1nnc2c1ccc[n+]2CC1=C(C=O)N2C(=O)C(NC(=O)/C(=N\O[C@@H](C)C(=O)O)c3nc(N)sc3Cl)C2SC1. The summed E-state index contributed by atoms with van der Waals surface area (Å²) in [5.41, 5.74) is 7.53. The zero-order valence-corrected chi connectivity index (χ0v) is 25.1. The van der Waals surface area contributed by atoms with E-state index in [4.69, 9.17) is 27.3 Å². The van der Waals surface area contributed by atoms with Crippen LogP contribution in [0.15, 0.2) is 34.8 Å². The molecule has 43 heavy (non-hydrogen) atoms. The molecule has 5 heterocycles. The summed E-state index contributed by atoms with van der Waals surface area (Å²) in [6.07, 6.45) is 1.08. The quantitative estimate of drug-likeness (QED) is 0.0636. The van der Waals surface area contributed by atoms with Gasteiger partial charge in [-0.3, -0.25) is 19.3 Å². The zero-order chi connectivity index (χ0) is 30.8. The van der Waals surface area contributed by atoms with Gasteiger partial charge < -0.3 is 26.3 Å². The Kier molecular flexibility index (Phi) is 8.90. The number of thiazole rings is 1. The molecule has 226 valence electrons. The number of carbonyl (C=O) groups excluding carboxylic acids is 3. The Morgan fingerprint density at radius 2 is 2.23 bits per heavy atom. The second-order valence-corrected chi connectivity index (χ2v) is 12.2. The topological polar surface area (TPSA) is 211 Å². The third-order valence-corrected chi connectivity index (χ3v) is 9.09. The first-order chi connectivity index (χ1) is 20.6. The summed E-state index contributed by atoms with van der Waals surface area (Å²) < 4.78 is 3.68. The number of thioether (sulfide) groups is 1. The molecule has 0 saturated carbocycles. The predicted octanol–water partition coefficient (Wildman–Crippen LogP) is -0.623. The van der Waals surface area contributed by atoms with Gasteiger partial charge in [-0.15, -0.1) is 11.8 Å². The largest absolute Gasteiger partial charge is 0.478 e. The number of aliphatic carboxylic acids is 1. The van der Waals surface area contributed by atoms with Crippen molar-refractivity contribution >= 4 is 80.8 Å². The highest BCUT2D eigenvalue weighted by molar-refractivity contribution is 8.00. The minimum absolute atomic E-state index is 0.0250. The molecule has 1 fully saturated rings. The number of β-lactam (4-membered cyclic amide) rings is 1. The molecule has 19 heteroatoms. The number of pyridine rings is 1. The van der Waals surface area contributed by atoms with E-state index in [1.165, 1.54) is 23.6 Å². The number of nitrogens with zero attached hydrogens (tertiary/aromatic N) is 7. The van der Waals surface area contributed by atoms with Gasteiger partial charge in [-0.2, -0.15) is 0 Å². The van der Waals surface area contributed by atoms with Gasteiger partial charge in [0.1, 0.15) is 33.1 Å². The number of hydrogen-bond acceptors (Lipinski definition) is 13. The van der Waals surface area contributed by atoms with Crippen LogP contribution in [0.1, 0.15) is 12.6 Å². The number of carboxylic acids is 1. The number of nitrogens with one attached hydrogen (secondary N) is 2. The number of allylic oxidation sites excluding steroid dienone is 1. The first-order valence-corrected chi connectivity index (χ1v) is 15.1. The highest BCUT2D eigenvalue weighted by Crippen LogP contribution is 2.39. The van der Waals surface area contributed by atoms with Gasteiger partial charge in [-0.1, -0.05) is 28.1 Å². The number of halogens is 1. The number of nitrogen functional groups attached to an aromatic ring is 1. The monoisotopic (exact) mass is 649 g/mol. The van der Waals surface area contributed by atoms with Crippen molar-refractivity contribution in [2.45, 2.75) is 37.5 Å². The summed E-state index contributed by atoms with van der Waals surface area (Å²) >= 11 is 8.43.